The minimum Gasteiger partial charge on any atom is -0.478 e. The van der Waals surface area contributed by atoms with Crippen LogP contribution in [0.3, 0.4) is 0 Å². The van der Waals surface area contributed by atoms with Gasteiger partial charge < -0.3 is 5.11 Å². The van der Waals surface area contributed by atoms with Gasteiger partial charge in [0.1, 0.15) is 5.56 Å². The Morgan fingerprint density at radius 2 is 2.57 bits per heavy atom. The van der Waals surface area contributed by atoms with Gasteiger partial charge in [0.05, 0.1) is 11.9 Å². The predicted octanol–water partition coefficient (Wildman–Crippen LogP) is 1.72. The van der Waals surface area contributed by atoms with Gasteiger partial charge in [-0.2, -0.15) is 16.9 Å². The Morgan fingerprint density at radius 1 is 1.71 bits per heavy atom. The summed E-state index contributed by atoms with van der Waals surface area (Å²) in [5.74, 6) is 1.64. The summed E-state index contributed by atoms with van der Waals surface area (Å²) in [5, 5.41) is 15.5. The van der Waals surface area contributed by atoms with Crippen LogP contribution in [0.1, 0.15) is 34.8 Å². The number of carboxylic acids is 1. The van der Waals surface area contributed by atoms with Crippen molar-refractivity contribution < 1.29 is 9.90 Å². The van der Waals surface area contributed by atoms with Gasteiger partial charge in [-0.1, -0.05) is 0 Å². The highest BCUT2D eigenvalue weighted by Crippen LogP contribution is 2.31. The van der Waals surface area contributed by atoms with Gasteiger partial charge in [-0.3, -0.25) is 5.10 Å². The SMILES string of the molecule is O=C(O)c1cn[nH]c1C1CCCSC1. The maximum Gasteiger partial charge on any atom is 0.339 e. The smallest absolute Gasteiger partial charge is 0.339 e. The van der Waals surface area contributed by atoms with Crippen molar-refractivity contribution in [2.45, 2.75) is 18.8 Å². The second-order valence-electron chi connectivity index (χ2n) is 3.42. The molecule has 0 amide bonds. The van der Waals surface area contributed by atoms with Crippen molar-refractivity contribution in [2.75, 3.05) is 11.5 Å². The minimum atomic E-state index is -0.885. The number of thioether (sulfide) groups is 1. The fraction of sp³-hybridized carbons (Fsp3) is 0.556. The molecular formula is C9H12N2O2S. The van der Waals surface area contributed by atoms with Crippen LogP contribution >= 0.6 is 11.8 Å². The first-order valence-electron chi connectivity index (χ1n) is 4.63. The number of aromatic carboxylic acids is 1. The minimum absolute atomic E-state index is 0.331. The van der Waals surface area contributed by atoms with Gasteiger partial charge in [0.2, 0.25) is 0 Å². The van der Waals surface area contributed by atoms with E-state index in [0.29, 0.717) is 11.5 Å². The van der Waals surface area contributed by atoms with E-state index < -0.39 is 5.97 Å². The molecule has 1 aliphatic rings. The fourth-order valence-electron chi connectivity index (χ4n) is 1.75. The van der Waals surface area contributed by atoms with Crippen LogP contribution in [0.5, 0.6) is 0 Å². The fourth-order valence-corrected chi connectivity index (χ4v) is 2.90. The van der Waals surface area contributed by atoms with Gasteiger partial charge >= 0.3 is 5.97 Å². The zero-order valence-electron chi connectivity index (χ0n) is 7.69. The molecular weight excluding hydrogens is 200 g/mol. The summed E-state index contributed by atoms with van der Waals surface area (Å²) >= 11 is 1.88. The molecule has 0 radical (unpaired) electrons. The Kier molecular flexibility index (Phi) is 2.77. The van der Waals surface area contributed by atoms with E-state index in [1.54, 1.807) is 0 Å². The molecule has 1 aromatic rings. The molecule has 0 bridgehead atoms. The molecule has 2 N–H and O–H groups in total. The van der Waals surface area contributed by atoms with Crippen molar-refractivity contribution >= 4 is 17.7 Å². The zero-order chi connectivity index (χ0) is 9.97. The highest BCUT2D eigenvalue weighted by atomic mass is 32.2. The van der Waals surface area contributed by atoms with Crippen LogP contribution in [0.2, 0.25) is 0 Å². The van der Waals surface area contributed by atoms with Crippen molar-refractivity contribution in [3.05, 3.63) is 17.5 Å². The molecule has 1 atom stereocenters. The number of H-pyrrole nitrogens is 1. The molecule has 0 aliphatic carbocycles. The first-order valence-corrected chi connectivity index (χ1v) is 5.79. The molecule has 1 aliphatic heterocycles. The van der Waals surface area contributed by atoms with Crippen LogP contribution in [-0.2, 0) is 0 Å². The second-order valence-corrected chi connectivity index (χ2v) is 4.57. The molecule has 2 rings (SSSR count). The maximum atomic E-state index is 10.9. The lowest BCUT2D eigenvalue weighted by molar-refractivity contribution is 0.0695. The summed E-state index contributed by atoms with van der Waals surface area (Å²) in [6, 6.07) is 0. The largest absolute Gasteiger partial charge is 0.478 e. The van der Waals surface area contributed by atoms with Crippen molar-refractivity contribution in [3.8, 4) is 0 Å². The molecule has 0 aromatic carbocycles. The Morgan fingerprint density at radius 3 is 3.21 bits per heavy atom. The Bertz CT molecular complexity index is 331. The molecule has 4 nitrogen and oxygen atoms in total. The molecule has 1 saturated heterocycles. The molecule has 76 valence electrons. The van der Waals surface area contributed by atoms with E-state index >= 15 is 0 Å². The van der Waals surface area contributed by atoms with Gasteiger partial charge in [0.15, 0.2) is 0 Å². The summed E-state index contributed by atoms with van der Waals surface area (Å²) in [5.41, 5.74) is 1.13. The molecule has 0 saturated carbocycles. The van der Waals surface area contributed by atoms with Gasteiger partial charge in [-0.25, -0.2) is 4.79 Å². The van der Waals surface area contributed by atoms with Crippen LogP contribution in [-0.4, -0.2) is 32.8 Å². The number of nitrogens with zero attached hydrogens (tertiary/aromatic N) is 1. The number of aromatic amines is 1. The standard InChI is InChI=1S/C9H12N2O2S/c12-9(13)7-4-10-11-8(7)6-2-1-3-14-5-6/h4,6H,1-3,5H2,(H,10,11)(H,12,13). The van der Waals surface area contributed by atoms with Gasteiger partial charge in [-0.05, 0) is 18.6 Å². The third-order valence-electron chi connectivity index (χ3n) is 2.47. The normalized spacial score (nSPS) is 22.1. The molecule has 1 fully saturated rings. The van der Waals surface area contributed by atoms with Crippen LogP contribution in [0.25, 0.3) is 0 Å². The monoisotopic (exact) mass is 212 g/mol. The first kappa shape index (κ1) is 9.58. The van der Waals surface area contributed by atoms with Crippen LogP contribution in [0.4, 0.5) is 0 Å². The molecule has 5 heteroatoms. The number of hydrogen-bond donors (Lipinski definition) is 2. The molecule has 2 heterocycles. The highest BCUT2D eigenvalue weighted by Gasteiger charge is 2.23. The lowest BCUT2D eigenvalue weighted by Gasteiger charge is -2.20. The Hall–Kier alpha value is -0.970. The number of nitrogens with one attached hydrogen (secondary N) is 1. The quantitative estimate of drug-likeness (QED) is 0.783. The van der Waals surface area contributed by atoms with E-state index in [0.717, 1.165) is 24.3 Å². The van der Waals surface area contributed by atoms with Gasteiger partial charge in [-0.15, -0.1) is 0 Å². The van der Waals surface area contributed by atoms with Crippen LogP contribution in [0.15, 0.2) is 6.20 Å². The van der Waals surface area contributed by atoms with Crippen molar-refractivity contribution in [1.82, 2.24) is 10.2 Å². The third-order valence-corrected chi connectivity index (χ3v) is 3.68. The lowest BCUT2D eigenvalue weighted by Crippen LogP contribution is -2.12. The van der Waals surface area contributed by atoms with Crippen LogP contribution < -0.4 is 0 Å². The summed E-state index contributed by atoms with van der Waals surface area (Å²) in [6.07, 6.45) is 3.62. The zero-order valence-corrected chi connectivity index (χ0v) is 8.51. The molecule has 14 heavy (non-hydrogen) atoms. The van der Waals surface area contributed by atoms with E-state index in [-0.39, 0.29) is 0 Å². The maximum absolute atomic E-state index is 10.9. The first-order chi connectivity index (χ1) is 6.79. The summed E-state index contributed by atoms with van der Waals surface area (Å²) in [7, 11) is 0. The van der Waals surface area contributed by atoms with E-state index in [2.05, 4.69) is 10.2 Å². The highest BCUT2D eigenvalue weighted by molar-refractivity contribution is 7.99. The van der Waals surface area contributed by atoms with Crippen molar-refractivity contribution in [2.24, 2.45) is 0 Å². The second kappa shape index (κ2) is 4.04. The molecule has 0 spiro atoms. The number of rotatable bonds is 2. The average molecular weight is 212 g/mol. The van der Waals surface area contributed by atoms with E-state index in [4.69, 9.17) is 5.11 Å². The molecule has 1 aromatic heterocycles. The summed E-state index contributed by atoms with van der Waals surface area (Å²) < 4.78 is 0. The van der Waals surface area contributed by atoms with Crippen LogP contribution in [0, 0.1) is 0 Å². The van der Waals surface area contributed by atoms with E-state index in [1.807, 2.05) is 11.8 Å². The molecule has 1 unspecified atom stereocenters. The van der Waals surface area contributed by atoms with Crippen molar-refractivity contribution in [1.29, 1.82) is 0 Å². The number of carboxylic acid groups (broad SMARTS) is 1. The van der Waals surface area contributed by atoms with Gasteiger partial charge in [0.25, 0.3) is 0 Å². The van der Waals surface area contributed by atoms with E-state index in [1.165, 1.54) is 11.9 Å². The van der Waals surface area contributed by atoms with E-state index in [9.17, 15) is 4.79 Å². The Labute approximate surface area is 86.1 Å². The van der Waals surface area contributed by atoms with Gasteiger partial charge in [0, 0.05) is 11.7 Å². The topological polar surface area (TPSA) is 66.0 Å². The third kappa shape index (κ3) is 1.77. The average Bonchev–Trinajstić information content (AvgIpc) is 2.67. The summed E-state index contributed by atoms with van der Waals surface area (Å²) in [6.45, 7) is 0. The predicted molar refractivity (Wildman–Crippen MR) is 54.8 cm³/mol. The number of aromatic nitrogens is 2. The van der Waals surface area contributed by atoms with Crippen molar-refractivity contribution in [3.63, 3.8) is 0 Å². The Balaban J connectivity index is 2.21. The number of carbonyl (C=O) groups is 1. The lowest BCUT2D eigenvalue weighted by atomic mass is 9.98. The number of hydrogen-bond acceptors (Lipinski definition) is 3. The summed E-state index contributed by atoms with van der Waals surface area (Å²) in [4.78, 5) is 10.9.